The first-order valence-electron chi connectivity index (χ1n) is 6.62. The first-order chi connectivity index (χ1) is 8.22. The van der Waals surface area contributed by atoms with Gasteiger partial charge in [0.25, 0.3) is 0 Å². The van der Waals surface area contributed by atoms with E-state index >= 15 is 0 Å². The Morgan fingerprint density at radius 3 is 2.24 bits per heavy atom. The van der Waals surface area contributed by atoms with Crippen molar-refractivity contribution in [2.24, 2.45) is 0 Å². The van der Waals surface area contributed by atoms with Crippen molar-refractivity contribution in [3.8, 4) is 5.75 Å². The van der Waals surface area contributed by atoms with E-state index in [9.17, 15) is 4.39 Å². The fraction of sp³-hybridized carbons (Fsp3) is 0.600. The summed E-state index contributed by atoms with van der Waals surface area (Å²) in [6, 6.07) is 7.96. The molecule has 0 aliphatic heterocycles. The van der Waals surface area contributed by atoms with E-state index in [0.717, 1.165) is 18.6 Å². The maximum absolute atomic E-state index is 13.3. The first kappa shape index (κ1) is 14.0. The van der Waals surface area contributed by atoms with Crippen LogP contribution in [0.4, 0.5) is 4.39 Å². The van der Waals surface area contributed by atoms with Crippen molar-refractivity contribution in [3.05, 3.63) is 29.8 Å². The van der Waals surface area contributed by atoms with Crippen LogP contribution in [0.5, 0.6) is 5.75 Å². The molecule has 1 aromatic rings. The molecule has 0 unspecified atom stereocenters. The van der Waals surface area contributed by atoms with Crippen LogP contribution in [0.3, 0.4) is 0 Å². The van der Waals surface area contributed by atoms with E-state index in [1.807, 2.05) is 26.0 Å². The monoisotopic (exact) mass is 238 g/mol. The Hall–Kier alpha value is -1.05. The van der Waals surface area contributed by atoms with Crippen LogP contribution in [0.2, 0.25) is 0 Å². The molecule has 0 aromatic heterocycles. The summed E-state index contributed by atoms with van der Waals surface area (Å²) < 4.78 is 18.7. The molecule has 0 saturated heterocycles. The van der Waals surface area contributed by atoms with Gasteiger partial charge < -0.3 is 4.74 Å². The summed E-state index contributed by atoms with van der Waals surface area (Å²) in [6.07, 6.45) is 3.54. The maximum atomic E-state index is 13.3. The number of aryl methyl sites for hydroxylation is 1. The van der Waals surface area contributed by atoms with Gasteiger partial charge in [0.15, 0.2) is 0 Å². The zero-order valence-corrected chi connectivity index (χ0v) is 11.1. The highest BCUT2D eigenvalue weighted by molar-refractivity contribution is 5.27. The molecule has 0 N–H and O–H groups in total. The van der Waals surface area contributed by atoms with Crippen LogP contribution in [0.15, 0.2) is 24.3 Å². The highest BCUT2D eigenvalue weighted by Gasteiger charge is 2.44. The van der Waals surface area contributed by atoms with Gasteiger partial charge in [0.2, 0.25) is 0 Å². The smallest absolute Gasteiger partial charge is 0.145 e. The molecule has 17 heavy (non-hydrogen) atoms. The van der Waals surface area contributed by atoms with E-state index < -0.39 is 5.67 Å². The fourth-order valence-electron chi connectivity index (χ4n) is 1.53. The van der Waals surface area contributed by atoms with E-state index in [0.29, 0.717) is 12.8 Å². The molecular formula is C15H23FO. The summed E-state index contributed by atoms with van der Waals surface area (Å²) in [7, 11) is 0. The molecule has 0 atom stereocenters. The van der Waals surface area contributed by atoms with Crippen LogP contribution in [0.25, 0.3) is 0 Å². The van der Waals surface area contributed by atoms with Crippen LogP contribution in [-0.4, -0.2) is 12.3 Å². The number of halogens is 1. The third-order valence-corrected chi connectivity index (χ3v) is 2.75. The van der Waals surface area contributed by atoms with Gasteiger partial charge in [-0.1, -0.05) is 39.3 Å². The second kappa shape index (κ2) is 6.63. The Balaban J connectivity index is 0.000000686. The Morgan fingerprint density at radius 2 is 1.76 bits per heavy atom. The number of hydrogen-bond donors (Lipinski definition) is 0. The van der Waals surface area contributed by atoms with Gasteiger partial charge in [-0.2, -0.15) is 0 Å². The number of ether oxygens (including phenoxy) is 1. The Kier molecular flexibility index (Phi) is 5.46. The molecule has 0 spiro atoms. The van der Waals surface area contributed by atoms with Crippen molar-refractivity contribution in [3.63, 3.8) is 0 Å². The zero-order chi connectivity index (χ0) is 12.7. The van der Waals surface area contributed by atoms with Gasteiger partial charge >= 0.3 is 0 Å². The zero-order valence-electron chi connectivity index (χ0n) is 11.1. The van der Waals surface area contributed by atoms with E-state index in [1.54, 1.807) is 0 Å². The van der Waals surface area contributed by atoms with Gasteiger partial charge in [0.05, 0.1) is 0 Å². The summed E-state index contributed by atoms with van der Waals surface area (Å²) >= 11 is 0. The predicted molar refractivity (Wildman–Crippen MR) is 70.4 cm³/mol. The molecule has 2 rings (SSSR count). The summed E-state index contributed by atoms with van der Waals surface area (Å²) in [4.78, 5) is 0. The molecule has 1 saturated carbocycles. The van der Waals surface area contributed by atoms with Gasteiger partial charge in [0.1, 0.15) is 18.0 Å². The van der Waals surface area contributed by atoms with Gasteiger partial charge in [0, 0.05) is 0 Å². The Morgan fingerprint density at radius 1 is 1.18 bits per heavy atom. The molecule has 0 amide bonds. The minimum absolute atomic E-state index is 0.208. The molecule has 1 aliphatic rings. The third kappa shape index (κ3) is 4.76. The lowest BCUT2D eigenvalue weighted by atomic mass is 10.1. The van der Waals surface area contributed by atoms with E-state index in [2.05, 4.69) is 19.1 Å². The van der Waals surface area contributed by atoms with Crippen molar-refractivity contribution in [2.75, 3.05) is 6.61 Å². The average molecular weight is 238 g/mol. The van der Waals surface area contributed by atoms with E-state index in [1.165, 1.54) is 5.56 Å². The lowest BCUT2D eigenvalue weighted by molar-refractivity contribution is 0.177. The van der Waals surface area contributed by atoms with Gasteiger partial charge in [-0.3, -0.25) is 0 Å². The van der Waals surface area contributed by atoms with Crippen LogP contribution in [0.1, 0.15) is 45.6 Å². The molecule has 96 valence electrons. The Labute approximate surface area is 104 Å². The minimum Gasteiger partial charge on any atom is -0.490 e. The molecule has 0 heterocycles. The summed E-state index contributed by atoms with van der Waals surface area (Å²) in [6.45, 7) is 6.37. The quantitative estimate of drug-likeness (QED) is 0.731. The molecule has 1 fully saturated rings. The third-order valence-electron chi connectivity index (χ3n) is 2.75. The van der Waals surface area contributed by atoms with Gasteiger partial charge in [-0.25, -0.2) is 4.39 Å². The number of alkyl halides is 1. The second-order valence-electron chi connectivity index (χ2n) is 4.33. The molecule has 0 bridgehead atoms. The highest BCUT2D eigenvalue weighted by atomic mass is 19.1. The van der Waals surface area contributed by atoms with Crippen molar-refractivity contribution < 1.29 is 9.13 Å². The van der Waals surface area contributed by atoms with Crippen molar-refractivity contribution in [1.29, 1.82) is 0 Å². The van der Waals surface area contributed by atoms with Crippen LogP contribution >= 0.6 is 0 Å². The topological polar surface area (TPSA) is 9.23 Å². The lowest BCUT2D eigenvalue weighted by Gasteiger charge is -2.08. The molecule has 1 aromatic carbocycles. The van der Waals surface area contributed by atoms with Crippen molar-refractivity contribution in [1.82, 2.24) is 0 Å². The molecule has 1 nitrogen and oxygen atoms in total. The second-order valence-corrected chi connectivity index (χ2v) is 4.33. The average Bonchev–Trinajstić information content (AvgIpc) is 3.10. The van der Waals surface area contributed by atoms with Gasteiger partial charge in [-0.15, -0.1) is 0 Å². The van der Waals surface area contributed by atoms with Crippen molar-refractivity contribution >= 4 is 0 Å². The number of rotatable bonds is 5. The Bertz CT molecular complexity index is 314. The molecule has 2 heteroatoms. The first-order valence-corrected chi connectivity index (χ1v) is 6.62. The standard InChI is InChI=1S/C13H17FO.C2H6/c1-2-3-11-4-6-12(7-5-11)15-10-13(14)8-9-13;1-2/h4-7H,2-3,8-10H2,1H3;1-2H3. The van der Waals surface area contributed by atoms with E-state index in [-0.39, 0.29) is 6.61 Å². The lowest BCUT2D eigenvalue weighted by Crippen LogP contribution is -2.13. The normalized spacial score (nSPS) is 15.8. The predicted octanol–water partition coefficient (Wildman–Crippen LogP) is 4.55. The van der Waals surface area contributed by atoms with Crippen LogP contribution in [-0.2, 0) is 6.42 Å². The van der Waals surface area contributed by atoms with Crippen LogP contribution in [0, 0.1) is 0 Å². The highest BCUT2D eigenvalue weighted by Crippen LogP contribution is 2.39. The number of benzene rings is 1. The van der Waals surface area contributed by atoms with Crippen molar-refractivity contribution in [2.45, 2.75) is 52.1 Å². The number of hydrogen-bond acceptors (Lipinski definition) is 1. The summed E-state index contributed by atoms with van der Waals surface area (Å²) in [5.74, 6) is 0.777. The van der Waals surface area contributed by atoms with Crippen LogP contribution < -0.4 is 4.74 Å². The minimum atomic E-state index is -1.03. The molecule has 0 radical (unpaired) electrons. The summed E-state index contributed by atoms with van der Waals surface area (Å²) in [5.41, 5.74) is 0.286. The molecule has 1 aliphatic carbocycles. The summed E-state index contributed by atoms with van der Waals surface area (Å²) in [5, 5.41) is 0. The largest absolute Gasteiger partial charge is 0.490 e. The fourth-order valence-corrected chi connectivity index (χ4v) is 1.53. The SMILES string of the molecule is CC.CCCc1ccc(OCC2(F)CC2)cc1. The maximum Gasteiger partial charge on any atom is 0.145 e. The molecular weight excluding hydrogens is 215 g/mol. The van der Waals surface area contributed by atoms with E-state index in [4.69, 9.17) is 4.74 Å². The van der Waals surface area contributed by atoms with Gasteiger partial charge in [-0.05, 0) is 37.0 Å².